The molecule has 5 nitrogen and oxygen atoms in total. The summed E-state index contributed by atoms with van der Waals surface area (Å²) in [5, 5.41) is 2.38. The SMILES string of the molecule is COC(=O)c1csc(CN(CCC(C)C)C(=O)C=Cc2ccccc2)n1. The summed E-state index contributed by atoms with van der Waals surface area (Å²) in [6.45, 7) is 5.28. The molecule has 6 heteroatoms. The van der Waals surface area contributed by atoms with Crippen LogP contribution in [0.2, 0.25) is 0 Å². The smallest absolute Gasteiger partial charge is 0.357 e. The molecule has 0 saturated heterocycles. The lowest BCUT2D eigenvalue weighted by atomic mass is 10.1. The van der Waals surface area contributed by atoms with Gasteiger partial charge in [0.05, 0.1) is 13.7 Å². The van der Waals surface area contributed by atoms with Crippen molar-refractivity contribution in [3.63, 3.8) is 0 Å². The number of carbonyl (C=O) groups excluding carboxylic acids is 2. The molecular weight excluding hydrogens is 348 g/mol. The van der Waals surface area contributed by atoms with Crippen LogP contribution in [-0.4, -0.2) is 35.4 Å². The minimum absolute atomic E-state index is 0.0654. The number of thiazole rings is 1. The van der Waals surface area contributed by atoms with Crippen molar-refractivity contribution in [2.75, 3.05) is 13.7 Å². The topological polar surface area (TPSA) is 59.5 Å². The highest BCUT2D eigenvalue weighted by atomic mass is 32.1. The molecule has 138 valence electrons. The molecule has 0 aliphatic carbocycles. The van der Waals surface area contributed by atoms with Gasteiger partial charge in [-0.1, -0.05) is 44.2 Å². The molecule has 0 fully saturated rings. The molecule has 0 saturated carbocycles. The summed E-state index contributed by atoms with van der Waals surface area (Å²) in [7, 11) is 1.33. The van der Waals surface area contributed by atoms with Crippen LogP contribution >= 0.6 is 11.3 Å². The van der Waals surface area contributed by atoms with Gasteiger partial charge in [-0.15, -0.1) is 11.3 Å². The van der Waals surface area contributed by atoms with Gasteiger partial charge in [-0.25, -0.2) is 9.78 Å². The van der Waals surface area contributed by atoms with Crippen LogP contribution in [0.4, 0.5) is 0 Å². The lowest BCUT2D eigenvalue weighted by molar-refractivity contribution is -0.126. The van der Waals surface area contributed by atoms with Crippen LogP contribution in [0.1, 0.15) is 41.3 Å². The number of methoxy groups -OCH3 is 1. The number of rotatable bonds is 8. The molecule has 0 bridgehead atoms. The predicted molar refractivity (Wildman–Crippen MR) is 104 cm³/mol. The van der Waals surface area contributed by atoms with Crippen molar-refractivity contribution in [1.82, 2.24) is 9.88 Å². The van der Waals surface area contributed by atoms with Gasteiger partial charge >= 0.3 is 5.97 Å². The van der Waals surface area contributed by atoms with Crippen molar-refractivity contribution >= 4 is 29.3 Å². The highest BCUT2D eigenvalue weighted by Crippen LogP contribution is 2.15. The summed E-state index contributed by atoms with van der Waals surface area (Å²) in [5.74, 6) is -0.0359. The first kappa shape index (κ1) is 19.8. The van der Waals surface area contributed by atoms with E-state index < -0.39 is 5.97 Å². The zero-order valence-corrected chi connectivity index (χ0v) is 16.2. The number of hydrogen-bond donors (Lipinski definition) is 0. The number of hydrogen-bond acceptors (Lipinski definition) is 5. The zero-order chi connectivity index (χ0) is 18.9. The van der Waals surface area contributed by atoms with Gasteiger partial charge in [0, 0.05) is 18.0 Å². The molecule has 1 heterocycles. The van der Waals surface area contributed by atoms with Gasteiger partial charge in [0.2, 0.25) is 5.91 Å². The van der Waals surface area contributed by atoms with Gasteiger partial charge in [-0.3, -0.25) is 4.79 Å². The fourth-order valence-corrected chi connectivity index (χ4v) is 3.04. The first-order chi connectivity index (χ1) is 12.5. The van der Waals surface area contributed by atoms with Crippen LogP contribution in [0.15, 0.2) is 41.8 Å². The Hall–Kier alpha value is -2.47. The normalized spacial score (nSPS) is 11.1. The molecule has 1 amide bonds. The van der Waals surface area contributed by atoms with Crippen molar-refractivity contribution in [3.05, 3.63) is 58.1 Å². The Labute approximate surface area is 158 Å². The van der Waals surface area contributed by atoms with Gasteiger partial charge in [-0.2, -0.15) is 0 Å². The average molecular weight is 372 g/mol. The Morgan fingerprint density at radius 1 is 1.27 bits per heavy atom. The van der Waals surface area contributed by atoms with E-state index >= 15 is 0 Å². The van der Waals surface area contributed by atoms with E-state index in [1.807, 2.05) is 36.4 Å². The molecule has 2 aromatic rings. The third-order valence-corrected chi connectivity index (χ3v) is 4.61. The molecule has 1 aromatic heterocycles. The van der Waals surface area contributed by atoms with E-state index in [2.05, 4.69) is 23.6 Å². The maximum absolute atomic E-state index is 12.7. The Morgan fingerprint density at radius 3 is 2.65 bits per heavy atom. The molecule has 0 radical (unpaired) electrons. The first-order valence-corrected chi connectivity index (χ1v) is 9.42. The van der Waals surface area contributed by atoms with E-state index in [0.717, 1.165) is 17.0 Å². The Bertz CT molecular complexity index is 753. The summed E-state index contributed by atoms with van der Waals surface area (Å²) in [5.41, 5.74) is 1.26. The molecule has 0 spiro atoms. The Kier molecular flexibility index (Phi) is 7.53. The van der Waals surface area contributed by atoms with Crippen LogP contribution in [0.25, 0.3) is 6.08 Å². The number of esters is 1. The van der Waals surface area contributed by atoms with Gasteiger partial charge in [0.25, 0.3) is 0 Å². The molecule has 0 aliphatic heterocycles. The fourth-order valence-electron chi connectivity index (χ4n) is 2.26. The highest BCUT2D eigenvalue weighted by molar-refractivity contribution is 7.09. The second-order valence-corrected chi connectivity index (χ2v) is 7.25. The van der Waals surface area contributed by atoms with Gasteiger partial charge < -0.3 is 9.64 Å². The van der Waals surface area contributed by atoms with Crippen molar-refractivity contribution in [2.24, 2.45) is 5.92 Å². The summed E-state index contributed by atoms with van der Waals surface area (Å²) in [6.07, 6.45) is 4.30. The monoisotopic (exact) mass is 372 g/mol. The summed E-state index contributed by atoms with van der Waals surface area (Å²) >= 11 is 1.36. The maximum atomic E-state index is 12.7. The minimum atomic E-state index is -0.462. The third kappa shape index (κ3) is 6.11. The molecule has 0 atom stereocenters. The largest absolute Gasteiger partial charge is 0.464 e. The van der Waals surface area contributed by atoms with Crippen molar-refractivity contribution in [3.8, 4) is 0 Å². The molecule has 0 aliphatic rings. The van der Waals surface area contributed by atoms with Crippen molar-refractivity contribution in [2.45, 2.75) is 26.8 Å². The van der Waals surface area contributed by atoms with E-state index in [1.54, 1.807) is 16.4 Å². The number of nitrogens with zero attached hydrogens (tertiary/aromatic N) is 2. The number of ether oxygens (including phenoxy) is 1. The van der Waals surface area contributed by atoms with Gasteiger partial charge in [-0.05, 0) is 24.0 Å². The molecule has 2 rings (SSSR count). The second kappa shape index (κ2) is 9.87. The summed E-state index contributed by atoms with van der Waals surface area (Å²) < 4.78 is 4.68. The predicted octanol–water partition coefficient (Wildman–Crippen LogP) is 4.02. The van der Waals surface area contributed by atoms with Crippen LogP contribution in [0.3, 0.4) is 0 Å². The van der Waals surface area contributed by atoms with Crippen LogP contribution in [0.5, 0.6) is 0 Å². The lowest BCUT2D eigenvalue weighted by Gasteiger charge is -2.21. The number of amides is 1. The molecule has 26 heavy (non-hydrogen) atoms. The molecule has 0 N–H and O–H groups in total. The van der Waals surface area contributed by atoms with Crippen molar-refractivity contribution < 1.29 is 14.3 Å². The number of aromatic nitrogens is 1. The fraction of sp³-hybridized carbons (Fsp3) is 0.350. The first-order valence-electron chi connectivity index (χ1n) is 8.54. The summed E-state index contributed by atoms with van der Waals surface area (Å²) in [6, 6.07) is 9.71. The minimum Gasteiger partial charge on any atom is -0.464 e. The van der Waals surface area contributed by atoms with Crippen LogP contribution < -0.4 is 0 Å². The van der Waals surface area contributed by atoms with Gasteiger partial charge in [0.1, 0.15) is 5.01 Å². The van der Waals surface area contributed by atoms with E-state index in [1.165, 1.54) is 18.4 Å². The van der Waals surface area contributed by atoms with Gasteiger partial charge in [0.15, 0.2) is 5.69 Å². The maximum Gasteiger partial charge on any atom is 0.357 e. The van der Waals surface area contributed by atoms with Crippen LogP contribution in [-0.2, 0) is 16.1 Å². The Morgan fingerprint density at radius 2 is 2.00 bits per heavy atom. The molecule has 0 unspecified atom stereocenters. The highest BCUT2D eigenvalue weighted by Gasteiger charge is 2.16. The standard InChI is InChI=1S/C20H24N2O3S/c1-15(2)11-12-22(13-18-21-17(14-26-18)20(24)25-3)19(23)10-9-16-7-5-4-6-8-16/h4-10,14-15H,11-13H2,1-3H3. The van der Waals surface area contributed by atoms with E-state index in [9.17, 15) is 9.59 Å². The van der Waals surface area contributed by atoms with E-state index in [-0.39, 0.29) is 11.6 Å². The molecular formula is C20H24N2O3S. The second-order valence-electron chi connectivity index (χ2n) is 6.30. The molecule has 1 aromatic carbocycles. The van der Waals surface area contributed by atoms with Crippen molar-refractivity contribution in [1.29, 1.82) is 0 Å². The lowest BCUT2D eigenvalue weighted by Crippen LogP contribution is -2.30. The Balaban J connectivity index is 2.09. The average Bonchev–Trinajstić information content (AvgIpc) is 3.11. The number of benzene rings is 1. The zero-order valence-electron chi connectivity index (χ0n) is 15.3. The number of carbonyl (C=O) groups is 2. The van der Waals surface area contributed by atoms with Crippen LogP contribution in [0, 0.1) is 5.92 Å². The van der Waals surface area contributed by atoms with E-state index in [4.69, 9.17) is 0 Å². The summed E-state index contributed by atoms with van der Waals surface area (Å²) in [4.78, 5) is 30.2. The quantitative estimate of drug-likeness (QED) is 0.519. The third-order valence-electron chi connectivity index (χ3n) is 3.78. The van der Waals surface area contributed by atoms with E-state index in [0.29, 0.717) is 19.0 Å².